The van der Waals surface area contributed by atoms with Gasteiger partial charge in [-0.25, -0.2) is 0 Å². The van der Waals surface area contributed by atoms with Crippen LogP contribution in [-0.4, -0.2) is 5.25 Å². The van der Waals surface area contributed by atoms with Crippen LogP contribution in [0, 0.1) is 0 Å². The molecule has 1 aliphatic carbocycles. The van der Waals surface area contributed by atoms with Gasteiger partial charge in [-0.15, -0.1) is 11.8 Å². The molecule has 0 radical (unpaired) electrons. The number of hydrogen-bond donors (Lipinski definition) is 1. The number of rotatable bonds is 2. The van der Waals surface area contributed by atoms with Crippen molar-refractivity contribution in [2.75, 3.05) is 0 Å². The molecule has 0 saturated carbocycles. The average molecular weight is 324 g/mol. The molecule has 0 aliphatic heterocycles. The van der Waals surface area contributed by atoms with E-state index in [-0.39, 0.29) is 6.04 Å². The lowest BCUT2D eigenvalue weighted by molar-refractivity contribution is 0.587. The molecule has 20 heavy (non-hydrogen) atoms. The molecule has 3 rings (SSSR count). The monoisotopic (exact) mass is 323 g/mol. The summed E-state index contributed by atoms with van der Waals surface area (Å²) in [6.07, 6.45) is 2.17. The number of hydrogen-bond acceptors (Lipinski definition) is 2. The quantitative estimate of drug-likeness (QED) is 0.831. The maximum Gasteiger partial charge on any atom is 0.0603 e. The fourth-order valence-electron chi connectivity index (χ4n) is 2.62. The third-order valence-electron chi connectivity index (χ3n) is 3.69. The lowest BCUT2D eigenvalue weighted by atomic mass is 9.88. The maximum atomic E-state index is 6.43. The standard InChI is InChI=1S/C16H15Cl2NS/c17-13-7-6-11(9-14(13)18)20-15-8-5-10-3-1-2-4-12(10)16(15)19/h1-4,6-7,9,15-16H,5,8,19H2. The minimum absolute atomic E-state index is 0.0689. The van der Waals surface area contributed by atoms with Crippen molar-refractivity contribution in [2.45, 2.75) is 29.0 Å². The van der Waals surface area contributed by atoms with Crippen LogP contribution in [0.5, 0.6) is 0 Å². The highest BCUT2D eigenvalue weighted by Crippen LogP contribution is 2.40. The molecule has 0 spiro atoms. The summed E-state index contributed by atoms with van der Waals surface area (Å²) in [5.74, 6) is 0. The molecule has 1 aliphatic rings. The van der Waals surface area contributed by atoms with E-state index in [1.807, 2.05) is 18.2 Å². The van der Waals surface area contributed by atoms with Crippen molar-refractivity contribution in [3.05, 3.63) is 63.6 Å². The second kappa shape index (κ2) is 5.98. The summed E-state index contributed by atoms with van der Waals surface area (Å²) in [4.78, 5) is 1.12. The Morgan fingerprint density at radius 1 is 1.05 bits per heavy atom. The SMILES string of the molecule is NC1c2ccccc2CCC1Sc1ccc(Cl)c(Cl)c1. The van der Waals surface area contributed by atoms with Crippen molar-refractivity contribution in [3.63, 3.8) is 0 Å². The molecule has 2 atom stereocenters. The molecule has 2 unspecified atom stereocenters. The van der Waals surface area contributed by atoms with Crippen LogP contribution in [0.25, 0.3) is 0 Å². The van der Waals surface area contributed by atoms with Crippen molar-refractivity contribution >= 4 is 35.0 Å². The largest absolute Gasteiger partial charge is 0.323 e. The minimum Gasteiger partial charge on any atom is -0.323 e. The fourth-order valence-corrected chi connectivity index (χ4v) is 4.20. The third kappa shape index (κ3) is 2.84. The smallest absolute Gasteiger partial charge is 0.0603 e. The Hall–Kier alpha value is -0.670. The molecule has 4 heteroatoms. The molecule has 1 nitrogen and oxygen atoms in total. The van der Waals surface area contributed by atoms with Gasteiger partial charge in [-0.3, -0.25) is 0 Å². The Labute approximate surface area is 133 Å². The summed E-state index contributed by atoms with van der Waals surface area (Å²) >= 11 is 13.8. The minimum atomic E-state index is 0.0689. The summed E-state index contributed by atoms with van der Waals surface area (Å²) in [5.41, 5.74) is 9.08. The zero-order valence-electron chi connectivity index (χ0n) is 10.9. The molecule has 104 valence electrons. The van der Waals surface area contributed by atoms with Crippen LogP contribution in [0.1, 0.15) is 23.6 Å². The van der Waals surface area contributed by atoms with Gasteiger partial charge in [0.25, 0.3) is 0 Å². The van der Waals surface area contributed by atoms with Gasteiger partial charge in [0.05, 0.1) is 10.0 Å². The predicted octanol–water partition coefficient (Wildman–Crippen LogP) is 5.10. The summed E-state index contributed by atoms with van der Waals surface area (Å²) in [6, 6.07) is 14.3. The first-order valence-corrected chi connectivity index (χ1v) is 8.24. The molecule has 0 saturated heterocycles. The highest BCUT2D eigenvalue weighted by molar-refractivity contribution is 8.00. The van der Waals surface area contributed by atoms with Gasteiger partial charge < -0.3 is 5.73 Å². The van der Waals surface area contributed by atoms with Crippen LogP contribution >= 0.6 is 35.0 Å². The van der Waals surface area contributed by atoms with Gasteiger partial charge in [-0.1, -0.05) is 47.5 Å². The number of aryl methyl sites for hydroxylation is 1. The normalized spacial score (nSPS) is 21.6. The van der Waals surface area contributed by atoms with Crippen LogP contribution in [0.4, 0.5) is 0 Å². The Balaban J connectivity index is 1.81. The first-order valence-electron chi connectivity index (χ1n) is 6.60. The lowest BCUT2D eigenvalue weighted by Gasteiger charge is -2.30. The van der Waals surface area contributed by atoms with Crippen LogP contribution < -0.4 is 5.73 Å². The summed E-state index contributed by atoms with van der Waals surface area (Å²) in [7, 11) is 0. The van der Waals surface area contributed by atoms with Crippen LogP contribution in [0.2, 0.25) is 10.0 Å². The van der Waals surface area contributed by atoms with E-state index in [1.54, 1.807) is 11.8 Å². The van der Waals surface area contributed by atoms with Gasteiger partial charge >= 0.3 is 0 Å². The van der Waals surface area contributed by atoms with Gasteiger partial charge in [0.1, 0.15) is 0 Å². The zero-order chi connectivity index (χ0) is 14.1. The molecule has 2 N–H and O–H groups in total. The van der Waals surface area contributed by atoms with Crippen molar-refractivity contribution in [1.82, 2.24) is 0 Å². The maximum absolute atomic E-state index is 6.43. The van der Waals surface area contributed by atoms with Crippen molar-refractivity contribution in [2.24, 2.45) is 5.73 Å². The highest BCUT2D eigenvalue weighted by atomic mass is 35.5. The van der Waals surface area contributed by atoms with E-state index in [2.05, 4.69) is 24.3 Å². The summed E-state index contributed by atoms with van der Waals surface area (Å²) in [6.45, 7) is 0. The Bertz CT molecular complexity index is 630. The second-order valence-electron chi connectivity index (χ2n) is 5.00. The van der Waals surface area contributed by atoms with E-state index in [1.165, 1.54) is 11.1 Å². The number of nitrogens with two attached hydrogens (primary N) is 1. The predicted molar refractivity (Wildman–Crippen MR) is 87.8 cm³/mol. The van der Waals surface area contributed by atoms with E-state index in [9.17, 15) is 0 Å². The second-order valence-corrected chi connectivity index (χ2v) is 7.12. The molecular weight excluding hydrogens is 309 g/mol. The molecule has 0 bridgehead atoms. The zero-order valence-corrected chi connectivity index (χ0v) is 13.2. The van der Waals surface area contributed by atoms with Gasteiger partial charge in [-0.2, -0.15) is 0 Å². The van der Waals surface area contributed by atoms with Gasteiger partial charge in [0.15, 0.2) is 0 Å². The molecule has 2 aromatic rings. The van der Waals surface area contributed by atoms with Crippen LogP contribution in [0.15, 0.2) is 47.4 Å². The van der Waals surface area contributed by atoms with Gasteiger partial charge in [0, 0.05) is 16.2 Å². The number of benzene rings is 2. The first kappa shape index (κ1) is 14.3. The molecule has 0 aromatic heterocycles. The highest BCUT2D eigenvalue weighted by Gasteiger charge is 2.27. The lowest BCUT2D eigenvalue weighted by Crippen LogP contribution is -2.29. The molecule has 2 aromatic carbocycles. The molecular formula is C16H15Cl2NS. The van der Waals surface area contributed by atoms with Crippen LogP contribution in [-0.2, 0) is 6.42 Å². The van der Waals surface area contributed by atoms with Gasteiger partial charge in [-0.05, 0) is 42.2 Å². The fraction of sp³-hybridized carbons (Fsp3) is 0.250. The average Bonchev–Trinajstić information content (AvgIpc) is 2.46. The van der Waals surface area contributed by atoms with E-state index >= 15 is 0 Å². The van der Waals surface area contributed by atoms with Crippen molar-refractivity contribution < 1.29 is 0 Å². The first-order chi connectivity index (χ1) is 9.65. The van der Waals surface area contributed by atoms with E-state index in [0.717, 1.165) is 17.7 Å². The molecule has 0 heterocycles. The Kier molecular flexibility index (Phi) is 4.27. The van der Waals surface area contributed by atoms with Crippen molar-refractivity contribution in [3.8, 4) is 0 Å². The number of thioether (sulfide) groups is 1. The van der Waals surface area contributed by atoms with E-state index in [4.69, 9.17) is 28.9 Å². The Morgan fingerprint density at radius 2 is 1.85 bits per heavy atom. The van der Waals surface area contributed by atoms with Crippen LogP contribution in [0.3, 0.4) is 0 Å². The summed E-state index contributed by atoms with van der Waals surface area (Å²) < 4.78 is 0. The van der Waals surface area contributed by atoms with E-state index < -0.39 is 0 Å². The molecule has 0 fully saturated rings. The topological polar surface area (TPSA) is 26.0 Å². The number of halogens is 2. The van der Waals surface area contributed by atoms with Gasteiger partial charge in [0.2, 0.25) is 0 Å². The summed E-state index contributed by atoms with van der Waals surface area (Å²) in [5, 5.41) is 1.57. The Morgan fingerprint density at radius 3 is 2.65 bits per heavy atom. The van der Waals surface area contributed by atoms with E-state index in [0.29, 0.717) is 15.3 Å². The molecule has 0 amide bonds. The van der Waals surface area contributed by atoms with Crippen molar-refractivity contribution in [1.29, 1.82) is 0 Å². The third-order valence-corrected chi connectivity index (χ3v) is 5.79. The number of fused-ring (bicyclic) bond motifs is 1.